The summed E-state index contributed by atoms with van der Waals surface area (Å²) in [6, 6.07) is 8.67. The molecule has 1 unspecified atom stereocenters. The summed E-state index contributed by atoms with van der Waals surface area (Å²) < 4.78 is 25.5. The van der Waals surface area contributed by atoms with Crippen molar-refractivity contribution in [3.05, 3.63) is 52.5 Å². The largest absolute Gasteiger partial charge is 0.493 e. The summed E-state index contributed by atoms with van der Waals surface area (Å²) in [6.45, 7) is 0.278. The van der Waals surface area contributed by atoms with Crippen LogP contribution in [0.15, 0.2) is 36.4 Å². The third-order valence-electron chi connectivity index (χ3n) is 5.32. The number of carbonyl (C=O) groups is 2. The van der Waals surface area contributed by atoms with Gasteiger partial charge in [-0.15, -0.1) is 0 Å². The first kappa shape index (κ1) is 21.7. The van der Waals surface area contributed by atoms with E-state index in [1.165, 1.54) is 26.4 Å². The van der Waals surface area contributed by atoms with Crippen molar-refractivity contribution in [2.24, 2.45) is 0 Å². The molecule has 0 spiro atoms. The summed E-state index contributed by atoms with van der Waals surface area (Å²) in [5.41, 5.74) is 1.35. The van der Waals surface area contributed by atoms with E-state index in [1.807, 2.05) is 0 Å². The standard InChI is InChI=1S/C22H21FN4O4S/c1-30-17-9-14-15(10-18(17)31-2)25-22(32)27-16(21(29)26-20(14)27)7-8-19(28)24-11-12-3-5-13(23)6-4-12/h3-6,9-10,16H,7-8,11H2,1-2H3,(H,24,28)(H,26,29). The van der Waals surface area contributed by atoms with Crippen LogP contribution in [0.1, 0.15) is 24.4 Å². The Bertz CT molecular complexity index is 1260. The van der Waals surface area contributed by atoms with Gasteiger partial charge in [0.15, 0.2) is 11.5 Å². The number of carbonyl (C=O) groups excluding carboxylic acids is 2. The van der Waals surface area contributed by atoms with Crippen LogP contribution in [0.2, 0.25) is 0 Å². The van der Waals surface area contributed by atoms with Crippen molar-refractivity contribution in [2.45, 2.75) is 25.4 Å². The molecule has 3 aromatic rings. The minimum atomic E-state index is -0.654. The Labute approximate surface area is 188 Å². The second kappa shape index (κ2) is 8.91. The van der Waals surface area contributed by atoms with Gasteiger partial charge >= 0.3 is 0 Å². The number of hydrogen-bond donors (Lipinski definition) is 2. The second-order valence-corrected chi connectivity index (χ2v) is 7.65. The van der Waals surface area contributed by atoms with Gasteiger partial charge in [0, 0.05) is 24.4 Å². The zero-order valence-electron chi connectivity index (χ0n) is 17.5. The molecule has 2 amide bonds. The molecule has 1 aliphatic heterocycles. The number of nitrogens with one attached hydrogen (secondary N) is 2. The molecule has 0 aliphatic carbocycles. The van der Waals surface area contributed by atoms with E-state index in [-0.39, 0.29) is 41.8 Å². The number of benzene rings is 2. The van der Waals surface area contributed by atoms with Crippen molar-refractivity contribution in [3.8, 4) is 11.5 Å². The fraction of sp³-hybridized carbons (Fsp3) is 0.273. The van der Waals surface area contributed by atoms with Crippen LogP contribution < -0.4 is 20.1 Å². The van der Waals surface area contributed by atoms with Crippen LogP contribution in [0.25, 0.3) is 10.9 Å². The third-order valence-corrected chi connectivity index (χ3v) is 5.61. The summed E-state index contributed by atoms with van der Waals surface area (Å²) >= 11 is 5.44. The van der Waals surface area contributed by atoms with Gasteiger partial charge in [-0.1, -0.05) is 12.1 Å². The smallest absolute Gasteiger partial charge is 0.248 e. The number of fused-ring (bicyclic) bond motifs is 3. The van der Waals surface area contributed by atoms with Gasteiger partial charge in [-0.25, -0.2) is 9.37 Å². The molecule has 0 radical (unpaired) electrons. The number of ether oxygens (including phenoxy) is 2. The van der Waals surface area contributed by atoms with Gasteiger partial charge in [0.2, 0.25) is 16.6 Å². The fourth-order valence-electron chi connectivity index (χ4n) is 3.69. The van der Waals surface area contributed by atoms with Crippen molar-refractivity contribution in [1.82, 2.24) is 14.9 Å². The van der Waals surface area contributed by atoms with Crippen LogP contribution in [0, 0.1) is 10.6 Å². The van der Waals surface area contributed by atoms with E-state index >= 15 is 0 Å². The highest BCUT2D eigenvalue weighted by atomic mass is 32.1. The molecule has 2 N–H and O–H groups in total. The number of halogens is 1. The SMILES string of the molecule is COc1cc2nc(=S)n3c(c2cc1OC)NC(=O)C3CCC(=O)NCc1ccc(F)cc1. The van der Waals surface area contributed by atoms with Gasteiger partial charge < -0.3 is 20.1 Å². The molecule has 1 atom stereocenters. The average molecular weight is 456 g/mol. The van der Waals surface area contributed by atoms with E-state index in [2.05, 4.69) is 15.6 Å². The predicted molar refractivity (Wildman–Crippen MR) is 119 cm³/mol. The van der Waals surface area contributed by atoms with E-state index in [4.69, 9.17) is 21.7 Å². The van der Waals surface area contributed by atoms with Gasteiger partial charge in [0.1, 0.15) is 17.7 Å². The van der Waals surface area contributed by atoms with Crippen molar-refractivity contribution < 1.29 is 23.5 Å². The number of hydrogen-bond acceptors (Lipinski definition) is 6. The van der Waals surface area contributed by atoms with Gasteiger partial charge in [-0.2, -0.15) is 0 Å². The minimum Gasteiger partial charge on any atom is -0.493 e. The Morgan fingerprint density at radius 3 is 2.59 bits per heavy atom. The summed E-state index contributed by atoms with van der Waals surface area (Å²) in [7, 11) is 3.05. The Balaban J connectivity index is 1.52. The first-order valence-corrected chi connectivity index (χ1v) is 10.3. The Morgan fingerprint density at radius 1 is 1.22 bits per heavy atom. The Hall–Kier alpha value is -3.53. The number of anilines is 1. The normalized spacial score (nSPS) is 14.7. The highest BCUT2D eigenvalue weighted by Gasteiger charge is 2.32. The first-order chi connectivity index (χ1) is 15.4. The number of rotatable bonds is 7. The fourth-order valence-corrected chi connectivity index (χ4v) is 4.00. The topological polar surface area (TPSA) is 94.5 Å². The third kappa shape index (κ3) is 4.13. The van der Waals surface area contributed by atoms with Crippen LogP contribution in [-0.2, 0) is 16.1 Å². The molecule has 10 heteroatoms. The molecule has 0 bridgehead atoms. The van der Waals surface area contributed by atoms with E-state index in [1.54, 1.807) is 28.8 Å². The molecule has 0 fully saturated rings. The van der Waals surface area contributed by atoms with Crippen LogP contribution >= 0.6 is 12.2 Å². The van der Waals surface area contributed by atoms with E-state index in [9.17, 15) is 14.0 Å². The predicted octanol–water partition coefficient (Wildman–Crippen LogP) is 3.51. The summed E-state index contributed by atoms with van der Waals surface area (Å²) in [4.78, 5) is 29.5. The molecule has 0 saturated heterocycles. The van der Waals surface area contributed by atoms with Crippen LogP contribution in [0.3, 0.4) is 0 Å². The van der Waals surface area contributed by atoms with E-state index < -0.39 is 6.04 Å². The van der Waals surface area contributed by atoms with Gasteiger partial charge in [-0.3, -0.25) is 14.2 Å². The summed E-state index contributed by atoms with van der Waals surface area (Å²) in [5.74, 6) is 0.710. The Kier molecular flexibility index (Phi) is 6.04. The molecule has 0 saturated carbocycles. The molecule has 32 heavy (non-hydrogen) atoms. The van der Waals surface area contributed by atoms with Crippen LogP contribution in [0.5, 0.6) is 11.5 Å². The quantitative estimate of drug-likeness (QED) is 0.529. The lowest BCUT2D eigenvalue weighted by atomic mass is 10.1. The molecule has 2 aromatic carbocycles. The number of amides is 2. The molecular weight excluding hydrogens is 435 g/mol. The van der Waals surface area contributed by atoms with Crippen molar-refractivity contribution in [1.29, 1.82) is 0 Å². The van der Waals surface area contributed by atoms with E-state index in [0.717, 1.165) is 5.56 Å². The van der Waals surface area contributed by atoms with Gasteiger partial charge in [0.25, 0.3) is 0 Å². The number of nitrogens with zero attached hydrogens (tertiary/aromatic N) is 2. The van der Waals surface area contributed by atoms with Crippen molar-refractivity contribution >= 4 is 40.8 Å². The average Bonchev–Trinajstić information content (AvgIpc) is 3.13. The van der Waals surface area contributed by atoms with Gasteiger partial charge in [-0.05, 0) is 42.4 Å². The molecule has 1 aliphatic rings. The number of methoxy groups -OCH3 is 2. The maximum absolute atomic E-state index is 13.0. The summed E-state index contributed by atoms with van der Waals surface area (Å²) in [6.07, 6.45) is 0.368. The monoisotopic (exact) mass is 456 g/mol. The first-order valence-electron chi connectivity index (χ1n) is 9.91. The highest BCUT2D eigenvalue weighted by molar-refractivity contribution is 7.71. The molecular formula is C22H21FN4O4S. The summed E-state index contributed by atoms with van der Waals surface area (Å²) in [5, 5.41) is 6.30. The minimum absolute atomic E-state index is 0.116. The lowest BCUT2D eigenvalue weighted by Crippen LogP contribution is -2.25. The zero-order chi connectivity index (χ0) is 22.8. The maximum atomic E-state index is 13.0. The molecule has 166 valence electrons. The molecule has 4 rings (SSSR count). The highest BCUT2D eigenvalue weighted by Crippen LogP contribution is 2.38. The molecule has 2 heterocycles. The number of aromatic nitrogens is 2. The lowest BCUT2D eigenvalue weighted by molar-refractivity contribution is -0.122. The van der Waals surface area contributed by atoms with Crippen LogP contribution in [0.4, 0.5) is 10.2 Å². The van der Waals surface area contributed by atoms with Crippen molar-refractivity contribution in [2.75, 3.05) is 19.5 Å². The zero-order valence-corrected chi connectivity index (χ0v) is 18.3. The van der Waals surface area contributed by atoms with E-state index in [0.29, 0.717) is 28.2 Å². The molecule has 8 nitrogen and oxygen atoms in total. The lowest BCUT2D eigenvalue weighted by Gasteiger charge is -2.14. The Morgan fingerprint density at radius 2 is 1.91 bits per heavy atom. The van der Waals surface area contributed by atoms with Gasteiger partial charge in [0.05, 0.1) is 19.7 Å². The second-order valence-electron chi connectivity index (χ2n) is 7.28. The van der Waals surface area contributed by atoms with Crippen molar-refractivity contribution in [3.63, 3.8) is 0 Å². The molecule has 1 aromatic heterocycles. The van der Waals surface area contributed by atoms with Crippen LogP contribution in [-0.4, -0.2) is 35.6 Å². The maximum Gasteiger partial charge on any atom is 0.248 e.